The molecular formula is C10H11NO3. The minimum atomic E-state index is -0.303. The monoisotopic (exact) mass is 193 g/mol. The summed E-state index contributed by atoms with van der Waals surface area (Å²) in [4.78, 5) is 12.6. The fraction of sp³-hybridized carbons (Fsp3) is 0.300. The van der Waals surface area contributed by atoms with E-state index in [4.69, 9.17) is 9.84 Å². The quantitative estimate of drug-likeness (QED) is 0.735. The average molecular weight is 193 g/mol. The Morgan fingerprint density at radius 3 is 2.57 bits per heavy atom. The summed E-state index contributed by atoms with van der Waals surface area (Å²) in [6.45, 7) is 0.375. The number of rotatable bonds is 1. The second-order valence-corrected chi connectivity index (χ2v) is 3.30. The maximum atomic E-state index is 11.1. The Balaban J connectivity index is 2.23. The highest BCUT2D eigenvalue weighted by atomic mass is 16.6. The molecule has 1 fully saturated rings. The Bertz CT molecular complexity index is 347. The number of phenols is 1. The third-order valence-corrected chi connectivity index (χ3v) is 2.40. The highest BCUT2D eigenvalue weighted by Crippen LogP contribution is 2.26. The van der Waals surface area contributed by atoms with Crippen molar-refractivity contribution in [1.82, 2.24) is 4.90 Å². The zero-order valence-corrected chi connectivity index (χ0v) is 7.80. The first-order valence-electron chi connectivity index (χ1n) is 4.37. The first-order chi connectivity index (χ1) is 6.68. The number of hydrogen-bond donors (Lipinski definition) is 1. The van der Waals surface area contributed by atoms with Crippen molar-refractivity contribution < 1.29 is 14.6 Å². The van der Waals surface area contributed by atoms with Gasteiger partial charge in [0.2, 0.25) is 0 Å². The molecule has 1 aromatic carbocycles. The van der Waals surface area contributed by atoms with E-state index >= 15 is 0 Å². The van der Waals surface area contributed by atoms with Crippen LogP contribution in [0.5, 0.6) is 5.75 Å². The summed E-state index contributed by atoms with van der Waals surface area (Å²) in [5.41, 5.74) is 0.969. The summed E-state index contributed by atoms with van der Waals surface area (Å²) < 4.78 is 4.89. The molecule has 1 heterocycles. The van der Waals surface area contributed by atoms with Gasteiger partial charge in [0.25, 0.3) is 0 Å². The number of nitrogens with zero attached hydrogens (tertiary/aromatic N) is 1. The lowest BCUT2D eigenvalue weighted by atomic mass is 10.1. The van der Waals surface area contributed by atoms with Gasteiger partial charge in [-0.15, -0.1) is 0 Å². The second-order valence-electron chi connectivity index (χ2n) is 3.30. The molecule has 4 heteroatoms. The lowest BCUT2D eigenvalue weighted by molar-refractivity contribution is 0.163. The summed E-state index contributed by atoms with van der Waals surface area (Å²) >= 11 is 0. The molecule has 0 aliphatic carbocycles. The van der Waals surface area contributed by atoms with Crippen molar-refractivity contribution in [3.63, 3.8) is 0 Å². The molecule has 14 heavy (non-hydrogen) atoms. The number of aromatic hydroxyl groups is 1. The van der Waals surface area contributed by atoms with E-state index in [0.717, 1.165) is 5.56 Å². The fourth-order valence-corrected chi connectivity index (χ4v) is 1.51. The number of carbonyl (C=O) groups is 1. The van der Waals surface area contributed by atoms with E-state index in [1.54, 1.807) is 36.2 Å². The largest absolute Gasteiger partial charge is 0.508 e. The van der Waals surface area contributed by atoms with Gasteiger partial charge in [-0.2, -0.15) is 0 Å². The normalized spacial score (nSPS) is 21.1. The summed E-state index contributed by atoms with van der Waals surface area (Å²) in [6.07, 6.45) is -0.303. The predicted octanol–water partition coefficient (Wildman–Crippen LogP) is 1.52. The molecule has 1 atom stereocenters. The highest BCUT2D eigenvalue weighted by molar-refractivity contribution is 5.70. The maximum Gasteiger partial charge on any atom is 0.410 e. The van der Waals surface area contributed by atoms with Gasteiger partial charge in [-0.05, 0) is 17.7 Å². The van der Waals surface area contributed by atoms with Crippen molar-refractivity contribution in [2.75, 3.05) is 13.7 Å². The van der Waals surface area contributed by atoms with Gasteiger partial charge < -0.3 is 14.7 Å². The molecular weight excluding hydrogens is 182 g/mol. The van der Waals surface area contributed by atoms with Gasteiger partial charge in [0.15, 0.2) is 0 Å². The van der Waals surface area contributed by atoms with E-state index < -0.39 is 0 Å². The van der Waals surface area contributed by atoms with E-state index in [2.05, 4.69) is 0 Å². The van der Waals surface area contributed by atoms with Crippen LogP contribution in [0, 0.1) is 0 Å². The van der Waals surface area contributed by atoms with Gasteiger partial charge in [0, 0.05) is 7.05 Å². The lowest BCUT2D eigenvalue weighted by Crippen LogP contribution is -2.22. The van der Waals surface area contributed by atoms with Crippen LogP contribution >= 0.6 is 0 Å². The molecule has 0 radical (unpaired) electrons. The molecule has 74 valence electrons. The third kappa shape index (κ3) is 1.39. The number of cyclic esters (lactones) is 1. The van der Waals surface area contributed by atoms with Crippen molar-refractivity contribution in [2.24, 2.45) is 0 Å². The SMILES string of the molecule is CN1C(=O)OCC1c1ccc(O)cc1. The minimum Gasteiger partial charge on any atom is -0.508 e. The molecule has 4 nitrogen and oxygen atoms in total. The van der Waals surface area contributed by atoms with Crippen molar-refractivity contribution in [2.45, 2.75) is 6.04 Å². The molecule has 0 bridgehead atoms. The standard InChI is InChI=1S/C10H11NO3/c1-11-9(6-14-10(11)13)7-2-4-8(12)5-3-7/h2-5,9,12H,6H2,1H3. The van der Waals surface area contributed by atoms with Gasteiger partial charge in [-0.1, -0.05) is 12.1 Å². The Morgan fingerprint density at radius 1 is 1.43 bits per heavy atom. The summed E-state index contributed by atoms with van der Waals surface area (Å²) in [7, 11) is 1.70. The number of benzene rings is 1. The molecule has 0 spiro atoms. The van der Waals surface area contributed by atoms with Gasteiger partial charge in [0.05, 0.1) is 6.04 Å². The molecule has 1 unspecified atom stereocenters. The number of ether oxygens (including phenoxy) is 1. The molecule has 1 saturated heterocycles. The second kappa shape index (κ2) is 3.21. The van der Waals surface area contributed by atoms with Crippen LogP contribution in [0.15, 0.2) is 24.3 Å². The van der Waals surface area contributed by atoms with Crippen LogP contribution in [-0.4, -0.2) is 29.8 Å². The molecule has 1 N–H and O–H groups in total. The Morgan fingerprint density at radius 2 is 2.07 bits per heavy atom. The number of carbonyl (C=O) groups excluding carboxylic acids is 1. The number of likely N-dealkylation sites (N-methyl/N-ethyl adjacent to an activating group) is 1. The summed E-state index contributed by atoms with van der Waals surface area (Å²) in [6, 6.07) is 6.75. The molecule has 1 aromatic rings. The fourth-order valence-electron chi connectivity index (χ4n) is 1.51. The van der Waals surface area contributed by atoms with Crippen molar-refractivity contribution >= 4 is 6.09 Å². The van der Waals surface area contributed by atoms with Crippen molar-refractivity contribution in [3.05, 3.63) is 29.8 Å². The van der Waals surface area contributed by atoms with Gasteiger partial charge >= 0.3 is 6.09 Å². The van der Waals surface area contributed by atoms with Crippen LogP contribution in [0.1, 0.15) is 11.6 Å². The van der Waals surface area contributed by atoms with Crippen LogP contribution in [0.4, 0.5) is 4.79 Å². The summed E-state index contributed by atoms with van der Waals surface area (Å²) in [5, 5.41) is 9.11. The van der Waals surface area contributed by atoms with Crippen LogP contribution in [0.2, 0.25) is 0 Å². The zero-order valence-electron chi connectivity index (χ0n) is 7.80. The molecule has 1 aliphatic rings. The Labute approximate surface area is 81.7 Å². The van der Waals surface area contributed by atoms with Gasteiger partial charge in [-0.3, -0.25) is 0 Å². The first kappa shape index (κ1) is 8.87. The highest BCUT2D eigenvalue weighted by Gasteiger charge is 2.30. The van der Waals surface area contributed by atoms with Gasteiger partial charge in [0.1, 0.15) is 12.4 Å². The topological polar surface area (TPSA) is 49.8 Å². The van der Waals surface area contributed by atoms with Crippen molar-refractivity contribution in [3.8, 4) is 5.75 Å². The number of phenolic OH excluding ortho intramolecular Hbond substituents is 1. The van der Waals surface area contributed by atoms with Crippen LogP contribution < -0.4 is 0 Å². The van der Waals surface area contributed by atoms with Crippen molar-refractivity contribution in [1.29, 1.82) is 0 Å². The molecule has 2 rings (SSSR count). The van der Waals surface area contributed by atoms with E-state index in [9.17, 15) is 4.79 Å². The van der Waals surface area contributed by atoms with E-state index in [-0.39, 0.29) is 17.9 Å². The predicted molar refractivity (Wildman–Crippen MR) is 50.0 cm³/mol. The smallest absolute Gasteiger partial charge is 0.410 e. The van der Waals surface area contributed by atoms with E-state index in [1.807, 2.05) is 0 Å². The van der Waals surface area contributed by atoms with E-state index in [1.165, 1.54) is 0 Å². The molecule has 0 saturated carbocycles. The van der Waals surface area contributed by atoms with Gasteiger partial charge in [-0.25, -0.2) is 4.79 Å². The Kier molecular flexibility index (Phi) is 2.04. The summed E-state index contributed by atoms with van der Waals surface area (Å²) in [5.74, 6) is 0.224. The molecule has 1 aliphatic heterocycles. The average Bonchev–Trinajstić information content (AvgIpc) is 2.50. The minimum absolute atomic E-state index is 0.0388. The van der Waals surface area contributed by atoms with Crippen LogP contribution in [-0.2, 0) is 4.74 Å². The molecule has 0 aromatic heterocycles. The number of hydrogen-bond acceptors (Lipinski definition) is 3. The zero-order chi connectivity index (χ0) is 10.1. The lowest BCUT2D eigenvalue weighted by Gasteiger charge is -2.15. The van der Waals surface area contributed by atoms with Crippen LogP contribution in [0.25, 0.3) is 0 Å². The third-order valence-electron chi connectivity index (χ3n) is 2.40. The molecule has 1 amide bonds. The first-order valence-corrected chi connectivity index (χ1v) is 4.37. The van der Waals surface area contributed by atoms with E-state index in [0.29, 0.717) is 6.61 Å². The van der Waals surface area contributed by atoms with Crippen LogP contribution in [0.3, 0.4) is 0 Å². The maximum absolute atomic E-state index is 11.1. The number of amides is 1. The Hall–Kier alpha value is -1.71.